The van der Waals surface area contributed by atoms with Crippen molar-refractivity contribution in [3.63, 3.8) is 0 Å². The van der Waals surface area contributed by atoms with E-state index in [2.05, 4.69) is 13.8 Å². The Kier molecular flexibility index (Phi) is 3.11. The summed E-state index contributed by atoms with van der Waals surface area (Å²) < 4.78 is 5.64. The number of furan rings is 1. The third kappa shape index (κ3) is 1.98. The molecule has 2 N–H and O–H groups in total. The van der Waals surface area contributed by atoms with Crippen molar-refractivity contribution < 1.29 is 18.8 Å². The van der Waals surface area contributed by atoms with E-state index in [1.807, 2.05) is 12.1 Å². The molecule has 0 bridgehead atoms. The molecule has 2 aliphatic carbocycles. The van der Waals surface area contributed by atoms with E-state index in [4.69, 9.17) is 10.2 Å². The Labute approximate surface area is 145 Å². The van der Waals surface area contributed by atoms with Crippen LogP contribution in [0.3, 0.4) is 0 Å². The number of nitrogens with two attached hydrogens (primary N) is 1. The number of ketones is 2. The van der Waals surface area contributed by atoms with Crippen LogP contribution < -0.4 is 5.73 Å². The van der Waals surface area contributed by atoms with Gasteiger partial charge in [-0.1, -0.05) is 26.0 Å². The number of Topliss-reactive ketones (excluding diaryl/α,β-unsaturated/α-hetero) is 2. The van der Waals surface area contributed by atoms with Gasteiger partial charge in [0.1, 0.15) is 5.76 Å². The second-order valence-corrected chi connectivity index (χ2v) is 7.53. The SMILES string of the molecule is Cc1c(C(N)=O)oc2c1C(=O)C(=O)c1c-2ccc2c1CCCC2(C)C. The molecular weight excluding hydrogens is 318 g/mol. The summed E-state index contributed by atoms with van der Waals surface area (Å²) in [5.41, 5.74) is 8.89. The van der Waals surface area contributed by atoms with Gasteiger partial charge < -0.3 is 10.2 Å². The Morgan fingerprint density at radius 1 is 1.16 bits per heavy atom. The molecule has 0 unspecified atom stereocenters. The Balaban J connectivity index is 2.06. The van der Waals surface area contributed by atoms with Crippen molar-refractivity contribution in [2.24, 2.45) is 5.73 Å². The van der Waals surface area contributed by atoms with E-state index in [0.717, 1.165) is 30.4 Å². The summed E-state index contributed by atoms with van der Waals surface area (Å²) in [4.78, 5) is 37.2. The fraction of sp³-hybridized carbons (Fsp3) is 0.350. The standard InChI is InChI=1S/C20H19NO4/c1-9-13-15(22)16(23)14-10-5-4-8-20(2,3)12(10)7-6-11(14)18(13)25-17(9)19(21)24/h6-7H,4-5,8H2,1-3H3,(H2,21,24). The molecule has 0 saturated heterocycles. The van der Waals surface area contributed by atoms with Crippen molar-refractivity contribution in [2.75, 3.05) is 0 Å². The quantitative estimate of drug-likeness (QED) is 0.808. The van der Waals surface area contributed by atoms with Crippen molar-refractivity contribution in [3.05, 3.63) is 45.7 Å². The van der Waals surface area contributed by atoms with Crippen LogP contribution in [0.2, 0.25) is 0 Å². The molecule has 128 valence electrons. The monoisotopic (exact) mass is 337 g/mol. The van der Waals surface area contributed by atoms with Gasteiger partial charge in [0, 0.05) is 16.7 Å². The highest BCUT2D eigenvalue weighted by atomic mass is 16.4. The van der Waals surface area contributed by atoms with Crippen LogP contribution in [0.4, 0.5) is 0 Å². The first kappa shape index (κ1) is 15.8. The van der Waals surface area contributed by atoms with E-state index in [1.54, 1.807) is 6.92 Å². The second-order valence-electron chi connectivity index (χ2n) is 7.53. The minimum absolute atomic E-state index is 0.0380. The van der Waals surface area contributed by atoms with E-state index < -0.39 is 17.5 Å². The van der Waals surface area contributed by atoms with Crippen LogP contribution in [0.5, 0.6) is 0 Å². The van der Waals surface area contributed by atoms with Crippen molar-refractivity contribution in [3.8, 4) is 11.3 Å². The molecule has 2 aliphatic rings. The predicted octanol–water partition coefficient (Wildman–Crippen LogP) is 3.35. The van der Waals surface area contributed by atoms with Crippen LogP contribution >= 0.6 is 0 Å². The van der Waals surface area contributed by atoms with Gasteiger partial charge in [0.2, 0.25) is 11.6 Å². The number of rotatable bonds is 1. The highest BCUT2D eigenvalue weighted by Crippen LogP contribution is 2.45. The summed E-state index contributed by atoms with van der Waals surface area (Å²) in [7, 11) is 0. The molecule has 0 atom stereocenters. The molecule has 1 amide bonds. The highest BCUT2D eigenvalue weighted by Gasteiger charge is 2.41. The normalized spacial score (nSPS) is 17.7. The maximum absolute atomic E-state index is 12.9. The van der Waals surface area contributed by atoms with Crippen LogP contribution in [0, 0.1) is 6.92 Å². The third-order valence-corrected chi connectivity index (χ3v) is 5.55. The number of amides is 1. The van der Waals surface area contributed by atoms with Crippen LogP contribution in [0.15, 0.2) is 16.5 Å². The van der Waals surface area contributed by atoms with Gasteiger partial charge >= 0.3 is 0 Å². The smallest absolute Gasteiger partial charge is 0.284 e. The first-order valence-electron chi connectivity index (χ1n) is 8.43. The lowest BCUT2D eigenvalue weighted by Crippen LogP contribution is -2.29. The van der Waals surface area contributed by atoms with Crippen molar-refractivity contribution in [2.45, 2.75) is 45.4 Å². The van der Waals surface area contributed by atoms with Crippen molar-refractivity contribution in [1.29, 1.82) is 0 Å². The number of hydrogen-bond donors (Lipinski definition) is 1. The predicted molar refractivity (Wildman–Crippen MR) is 92.0 cm³/mol. The molecule has 5 nitrogen and oxygen atoms in total. The number of fused-ring (bicyclic) bond motifs is 5. The topological polar surface area (TPSA) is 90.4 Å². The molecule has 0 spiro atoms. The summed E-state index contributed by atoms with van der Waals surface area (Å²) in [6.07, 6.45) is 2.77. The van der Waals surface area contributed by atoms with E-state index in [0.29, 0.717) is 16.7 Å². The zero-order chi connectivity index (χ0) is 18.1. The first-order valence-corrected chi connectivity index (χ1v) is 8.43. The van der Waals surface area contributed by atoms with Crippen molar-refractivity contribution >= 4 is 17.5 Å². The molecule has 0 saturated carbocycles. The minimum atomic E-state index is -0.743. The van der Waals surface area contributed by atoms with E-state index in [9.17, 15) is 14.4 Å². The molecule has 0 radical (unpaired) electrons. The fourth-order valence-corrected chi connectivity index (χ4v) is 4.27. The average molecular weight is 337 g/mol. The first-order chi connectivity index (χ1) is 11.7. The molecule has 1 aromatic heterocycles. The van der Waals surface area contributed by atoms with Gasteiger partial charge in [-0.3, -0.25) is 14.4 Å². The summed E-state index contributed by atoms with van der Waals surface area (Å²) in [6, 6.07) is 3.85. The Morgan fingerprint density at radius 2 is 1.84 bits per heavy atom. The van der Waals surface area contributed by atoms with Gasteiger partial charge in [0.15, 0.2) is 5.76 Å². The summed E-state index contributed by atoms with van der Waals surface area (Å²) >= 11 is 0. The van der Waals surface area contributed by atoms with Gasteiger partial charge in [-0.05, 0) is 42.7 Å². The maximum atomic E-state index is 12.9. The number of carbonyl (C=O) groups is 3. The molecule has 2 aromatic rings. The van der Waals surface area contributed by atoms with Crippen LogP contribution in [-0.2, 0) is 11.8 Å². The maximum Gasteiger partial charge on any atom is 0.284 e. The molecule has 1 heterocycles. The molecule has 25 heavy (non-hydrogen) atoms. The Hall–Kier alpha value is -2.69. The minimum Gasteiger partial charge on any atom is -0.450 e. The number of carbonyl (C=O) groups excluding carboxylic acids is 3. The molecule has 5 heteroatoms. The van der Waals surface area contributed by atoms with Gasteiger partial charge in [0.25, 0.3) is 5.91 Å². The highest BCUT2D eigenvalue weighted by molar-refractivity contribution is 6.53. The molecule has 4 rings (SSSR count). The Bertz CT molecular complexity index is 978. The van der Waals surface area contributed by atoms with Gasteiger partial charge in [-0.2, -0.15) is 0 Å². The van der Waals surface area contributed by atoms with E-state index >= 15 is 0 Å². The average Bonchev–Trinajstić information content (AvgIpc) is 2.89. The summed E-state index contributed by atoms with van der Waals surface area (Å²) in [5, 5.41) is 0. The largest absolute Gasteiger partial charge is 0.450 e. The lowest BCUT2D eigenvalue weighted by molar-refractivity contribution is 0.0813. The van der Waals surface area contributed by atoms with E-state index in [-0.39, 0.29) is 22.5 Å². The zero-order valence-electron chi connectivity index (χ0n) is 14.5. The number of primary amides is 1. The molecule has 0 aliphatic heterocycles. The van der Waals surface area contributed by atoms with Gasteiger partial charge in [0.05, 0.1) is 5.56 Å². The molecular formula is C20H19NO4. The van der Waals surface area contributed by atoms with Gasteiger partial charge in [-0.15, -0.1) is 0 Å². The third-order valence-electron chi connectivity index (χ3n) is 5.55. The second kappa shape index (κ2) is 4.91. The summed E-state index contributed by atoms with van der Waals surface area (Å²) in [5.74, 6) is -1.65. The molecule has 1 aromatic carbocycles. The van der Waals surface area contributed by atoms with E-state index in [1.165, 1.54) is 0 Å². The zero-order valence-corrected chi connectivity index (χ0v) is 14.5. The van der Waals surface area contributed by atoms with Gasteiger partial charge in [-0.25, -0.2) is 0 Å². The molecule has 0 fully saturated rings. The van der Waals surface area contributed by atoms with Crippen LogP contribution in [-0.4, -0.2) is 17.5 Å². The number of benzene rings is 1. The van der Waals surface area contributed by atoms with Crippen LogP contribution in [0.25, 0.3) is 11.3 Å². The fourth-order valence-electron chi connectivity index (χ4n) is 4.27. The van der Waals surface area contributed by atoms with Crippen LogP contribution in [0.1, 0.15) is 74.7 Å². The number of hydrogen-bond acceptors (Lipinski definition) is 4. The Morgan fingerprint density at radius 3 is 2.52 bits per heavy atom. The lowest BCUT2D eigenvalue weighted by Gasteiger charge is -2.34. The van der Waals surface area contributed by atoms with Crippen molar-refractivity contribution in [1.82, 2.24) is 0 Å². The summed E-state index contributed by atoms with van der Waals surface area (Å²) in [6.45, 7) is 5.89. The lowest BCUT2D eigenvalue weighted by atomic mass is 9.69.